The summed E-state index contributed by atoms with van der Waals surface area (Å²) in [7, 11) is 0. The Kier molecular flexibility index (Phi) is 2.67. The highest BCUT2D eigenvalue weighted by Gasteiger charge is 2.23. The first-order chi connectivity index (χ1) is 8.74. The van der Waals surface area contributed by atoms with E-state index in [1.54, 1.807) is 25.1 Å². The van der Waals surface area contributed by atoms with E-state index < -0.39 is 0 Å². The maximum atomic E-state index is 12.2. The molecule has 0 unspecified atom stereocenters. The van der Waals surface area contributed by atoms with Gasteiger partial charge < -0.3 is 9.15 Å². The first-order valence-corrected chi connectivity index (χ1v) is 6.09. The van der Waals surface area contributed by atoms with Crippen LogP contribution in [0.15, 0.2) is 41.0 Å². The maximum Gasteiger partial charge on any atom is 0.196 e. The Morgan fingerprint density at radius 3 is 2.50 bits per heavy atom. The van der Waals surface area contributed by atoms with Gasteiger partial charge >= 0.3 is 0 Å². The largest absolute Gasteiger partial charge is 0.490 e. The monoisotopic (exact) mass is 242 g/mol. The fraction of sp³-hybridized carbons (Fsp3) is 0.267. The lowest BCUT2D eigenvalue weighted by atomic mass is 10.0. The van der Waals surface area contributed by atoms with Crippen LogP contribution in [0, 0.1) is 6.92 Å². The number of rotatable bonds is 4. The quantitative estimate of drug-likeness (QED) is 0.772. The highest BCUT2D eigenvalue weighted by atomic mass is 16.5. The lowest BCUT2D eigenvalue weighted by Crippen LogP contribution is -2.02. The van der Waals surface area contributed by atoms with Crippen LogP contribution in [0.25, 0.3) is 0 Å². The Bertz CT molecular complexity index is 562. The summed E-state index contributed by atoms with van der Waals surface area (Å²) in [4.78, 5) is 12.2. The second-order valence-corrected chi connectivity index (χ2v) is 4.56. The summed E-state index contributed by atoms with van der Waals surface area (Å²) in [6, 6.07) is 8.99. The molecule has 0 bridgehead atoms. The van der Waals surface area contributed by atoms with Crippen molar-refractivity contribution in [2.75, 3.05) is 0 Å². The topological polar surface area (TPSA) is 39.4 Å². The molecule has 1 heterocycles. The summed E-state index contributed by atoms with van der Waals surface area (Å²) < 4.78 is 10.8. The van der Waals surface area contributed by atoms with Crippen LogP contribution in [0.3, 0.4) is 0 Å². The lowest BCUT2D eigenvalue weighted by molar-refractivity contribution is 0.103. The summed E-state index contributed by atoms with van der Waals surface area (Å²) in [5.74, 6) is 1.47. The molecule has 3 nitrogen and oxygen atoms in total. The molecule has 1 aliphatic rings. The number of hydrogen-bond donors (Lipinski definition) is 0. The molecule has 0 radical (unpaired) electrons. The number of aryl methyl sites for hydroxylation is 1. The molecular weight excluding hydrogens is 228 g/mol. The van der Waals surface area contributed by atoms with Crippen molar-refractivity contribution in [2.24, 2.45) is 0 Å². The summed E-state index contributed by atoms with van der Waals surface area (Å²) >= 11 is 0. The zero-order chi connectivity index (χ0) is 12.5. The molecule has 2 aromatic rings. The number of ether oxygens (including phenoxy) is 1. The molecule has 18 heavy (non-hydrogen) atoms. The van der Waals surface area contributed by atoms with Crippen molar-refractivity contribution in [3.05, 3.63) is 53.5 Å². The average Bonchev–Trinajstić information content (AvgIpc) is 3.09. The molecule has 1 aromatic heterocycles. The van der Waals surface area contributed by atoms with Gasteiger partial charge in [0.15, 0.2) is 5.78 Å². The van der Waals surface area contributed by atoms with Gasteiger partial charge in [0.2, 0.25) is 0 Å². The van der Waals surface area contributed by atoms with E-state index in [-0.39, 0.29) is 5.78 Å². The number of furan rings is 1. The van der Waals surface area contributed by atoms with E-state index in [4.69, 9.17) is 9.15 Å². The third-order valence-electron chi connectivity index (χ3n) is 3.05. The summed E-state index contributed by atoms with van der Waals surface area (Å²) in [5.41, 5.74) is 1.27. The third kappa shape index (κ3) is 2.16. The predicted octanol–water partition coefficient (Wildman–Crippen LogP) is 3.36. The second-order valence-electron chi connectivity index (χ2n) is 4.56. The summed E-state index contributed by atoms with van der Waals surface area (Å²) in [5, 5.41) is 0. The van der Waals surface area contributed by atoms with Crippen molar-refractivity contribution in [3.8, 4) is 5.75 Å². The van der Waals surface area contributed by atoms with Gasteiger partial charge in [0, 0.05) is 5.56 Å². The van der Waals surface area contributed by atoms with Gasteiger partial charge in [0.1, 0.15) is 11.5 Å². The molecule has 3 rings (SSSR count). The molecule has 1 saturated carbocycles. The van der Waals surface area contributed by atoms with Crippen LogP contribution in [0.5, 0.6) is 5.75 Å². The van der Waals surface area contributed by atoms with E-state index in [9.17, 15) is 4.79 Å². The fourth-order valence-electron chi connectivity index (χ4n) is 1.84. The standard InChI is InChI=1S/C15H14O3/c1-10-14(8-9-17-10)15(16)11-2-4-12(5-3-11)18-13-6-7-13/h2-5,8-9,13H,6-7H2,1H3. The Morgan fingerprint density at radius 1 is 1.22 bits per heavy atom. The number of hydrogen-bond acceptors (Lipinski definition) is 3. The van der Waals surface area contributed by atoms with E-state index in [2.05, 4.69) is 0 Å². The Labute approximate surface area is 105 Å². The third-order valence-corrected chi connectivity index (χ3v) is 3.05. The predicted molar refractivity (Wildman–Crippen MR) is 67.0 cm³/mol. The first-order valence-electron chi connectivity index (χ1n) is 6.09. The summed E-state index contributed by atoms with van der Waals surface area (Å²) in [6.45, 7) is 1.79. The van der Waals surface area contributed by atoms with E-state index in [1.807, 2.05) is 12.1 Å². The van der Waals surface area contributed by atoms with E-state index >= 15 is 0 Å². The molecular formula is C15H14O3. The van der Waals surface area contributed by atoms with Gasteiger partial charge in [-0.1, -0.05) is 0 Å². The van der Waals surface area contributed by atoms with Crippen molar-refractivity contribution in [3.63, 3.8) is 0 Å². The van der Waals surface area contributed by atoms with Crippen LogP contribution >= 0.6 is 0 Å². The lowest BCUT2D eigenvalue weighted by Gasteiger charge is -2.05. The van der Waals surface area contributed by atoms with Crippen LogP contribution in [0.2, 0.25) is 0 Å². The van der Waals surface area contributed by atoms with Gasteiger partial charge in [-0.25, -0.2) is 0 Å². The van der Waals surface area contributed by atoms with Gasteiger partial charge in [-0.3, -0.25) is 4.79 Å². The van der Waals surface area contributed by atoms with Crippen molar-refractivity contribution >= 4 is 5.78 Å². The van der Waals surface area contributed by atoms with Crippen LogP contribution in [-0.4, -0.2) is 11.9 Å². The van der Waals surface area contributed by atoms with Crippen LogP contribution in [-0.2, 0) is 0 Å². The molecule has 0 atom stereocenters. The smallest absolute Gasteiger partial charge is 0.196 e. The molecule has 3 heteroatoms. The normalized spacial score (nSPS) is 14.5. The van der Waals surface area contributed by atoms with Gasteiger partial charge in [-0.15, -0.1) is 0 Å². The highest BCUT2D eigenvalue weighted by molar-refractivity contribution is 6.09. The van der Waals surface area contributed by atoms with Gasteiger partial charge in [-0.2, -0.15) is 0 Å². The minimum absolute atomic E-state index is 0.0146. The number of benzene rings is 1. The minimum Gasteiger partial charge on any atom is -0.490 e. The molecule has 0 spiro atoms. The molecule has 0 amide bonds. The zero-order valence-electron chi connectivity index (χ0n) is 10.2. The van der Waals surface area contributed by atoms with E-state index in [1.165, 1.54) is 6.26 Å². The number of ketones is 1. The average molecular weight is 242 g/mol. The molecule has 92 valence electrons. The Balaban J connectivity index is 1.79. The first kappa shape index (κ1) is 11.1. The van der Waals surface area contributed by atoms with E-state index in [0.717, 1.165) is 18.6 Å². The number of carbonyl (C=O) groups excluding carboxylic acids is 1. The molecule has 0 N–H and O–H groups in total. The van der Waals surface area contributed by atoms with Crippen LogP contribution < -0.4 is 4.74 Å². The van der Waals surface area contributed by atoms with Crippen molar-refractivity contribution in [1.82, 2.24) is 0 Å². The highest BCUT2D eigenvalue weighted by Crippen LogP contribution is 2.27. The Hall–Kier alpha value is -2.03. The van der Waals surface area contributed by atoms with Gasteiger partial charge in [-0.05, 0) is 50.1 Å². The molecule has 0 aliphatic heterocycles. The van der Waals surface area contributed by atoms with Crippen molar-refractivity contribution < 1.29 is 13.9 Å². The zero-order valence-corrected chi connectivity index (χ0v) is 10.2. The fourth-order valence-corrected chi connectivity index (χ4v) is 1.84. The molecule has 1 aromatic carbocycles. The van der Waals surface area contributed by atoms with E-state index in [0.29, 0.717) is 23.0 Å². The molecule has 1 aliphatic carbocycles. The summed E-state index contributed by atoms with van der Waals surface area (Å²) in [6.07, 6.45) is 4.18. The van der Waals surface area contributed by atoms with Crippen LogP contribution in [0.1, 0.15) is 34.5 Å². The second kappa shape index (κ2) is 4.33. The van der Waals surface area contributed by atoms with Crippen molar-refractivity contribution in [2.45, 2.75) is 25.9 Å². The number of carbonyl (C=O) groups is 1. The Morgan fingerprint density at radius 2 is 1.94 bits per heavy atom. The van der Waals surface area contributed by atoms with Gasteiger partial charge in [0.25, 0.3) is 0 Å². The van der Waals surface area contributed by atoms with Crippen molar-refractivity contribution in [1.29, 1.82) is 0 Å². The maximum absolute atomic E-state index is 12.2. The molecule has 0 saturated heterocycles. The minimum atomic E-state index is -0.0146. The SMILES string of the molecule is Cc1occc1C(=O)c1ccc(OC2CC2)cc1. The van der Waals surface area contributed by atoms with Gasteiger partial charge in [0.05, 0.1) is 17.9 Å². The molecule has 1 fully saturated rings. The van der Waals surface area contributed by atoms with Crippen LogP contribution in [0.4, 0.5) is 0 Å².